The van der Waals surface area contributed by atoms with Crippen LogP contribution in [0.1, 0.15) is 11.7 Å². The van der Waals surface area contributed by atoms with E-state index < -0.39 is 18.0 Å². The smallest absolute Gasteiger partial charge is 0.344 e. The van der Waals surface area contributed by atoms with E-state index in [2.05, 4.69) is 6.58 Å². The fourth-order valence-corrected chi connectivity index (χ4v) is 4.33. The van der Waals surface area contributed by atoms with Crippen LogP contribution in [0.5, 0.6) is 5.75 Å². The summed E-state index contributed by atoms with van der Waals surface area (Å²) in [5.74, 6) is -0.861. The second kappa shape index (κ2) is 10.1. The Morgan fingerprint density at radius 1 is 0.939 bits per heavy atom. The number of esters is 2. The first-order chi connectivity index (χ1) is 16.0. The van der Waals surface area contributed by atoms with Gasteiger partial charge in [0.05, 0.1) is 0 Å². The molecule has 0 spiro atoms. The van der Waals surface area contributed by atoms with Crippen LogP contribution in [0, 0.1) is 0 Å². The number of hydrogen-bond acceptors (Lipinski definition) is 7. The zero-order chi connectivity index (χ0) is 23.2. The number of rotatable bonds is 8. The lowest BCUT2D eigenvalue weighted by Crippen LogP contribution is -2.21. The molecule has 1 unspecified atom stereocenters. The molecule has 1 aromatic heterocycles. The van der Waals surface area contributed by atoms with Gasteiger partial charge in [-0.15, -0.1) is 11.3 Å². The third kappa shape index (κ3) is 5.27. The van der Waals surface area contributed by atoms with Crippen LogP contribution in [0.25, 0.3) is 20.2 Å². The highest BCUT2D eigenvalue weighted by atomic mass is 32.1. The van der Waals surface area contributed by atoms with Crippen LogP contribution in [0.15, 0.2) is 90.2 Å². The van der Waals surface area contributed by atoms with E-state index in [-0.39, 0.29) is 18.6 Å². The Bertz CT molecular complexity index is 1380. The molecule has 4 rings (SSSR count). The molecule has 0 saturated heterocycles. The number of benzene rings is 3. The third-order valence-corrected chi connectivity index (χ3v) is 6.05. The Hall–Kier alpha value is -3.97. The maximum absolute atomic E-state index is 12.8. The van der Waals surface area contributed by atoms with Crippen LogP contribution in [-0.4, -0.2) is 25.2 Å². The van der Waals surface area contributed by atoms with E-state index in [4.69, 9.17) is 14.2 Å². The van der Waals surface area contributed by atoms with Gasteiger partial charge in [0.25, 0.3) is 0 Å². The molecule has 0 fully saturated rings. The van der Waals surface area contributed by atoms with Gasteiger partial charge in [0.1, 0.15) is 12.4 Å². The summed E-state index contributed by atoms with van der Waals surface area (Å²) < 4.78 is 17.8. The summed E-state index contributed by atoms with van der Waals surface area (Å²) in [5, 5.41) is 1.18. The van der Waals surface area contributed by atoms with Crippen molar-refractivity contribution in [3.05, 3.63) is 101 Å². The highest BCUT2D eigenvalue weighted by Crippen LogP contribution is 2.27. The lowest BCUT2D eigenvalue weighted by molar-refractivity contribution is -0.157. The minimum atomic E-state index is -0.765. The van der Waals surface area contributed by atoms with Crippen LogP contribution in [0.4, 0.5) is 0 Å². The molecule has 0 aliphatic rings. The molecule has 0 aliphatic carbocycles. The molecule has 3 aromatic carbocycles. The predicted octanol–water partition coefficient (Wildman–Crippen LogP) is 4.81. The van der Waals surface area contributed by atoms with Gasteiger partial charge in [-0.3, -0.25) is 4.79 Å². The number of carbonyl (C=O) groups excluding carboxylic acids is 2. The molecule has 7 heteroatoms. The average molecular weight is 461 g/mol. The maximum Gasteiger partial charge on any atom is 0.344 e. The van der Waals surface area contributed by atoms with Gasteiger partial charge in [0, 0.05) is 26.2 Å². The maximum atomic E-state index is 12.8. The lowest BCUT2D eigenvalue weighted by atomic mass is 10.1. The standard InChI is InChI=1S/C26H20O6S/c1-2-24(27)32-21(17-8-4-3-5-9-17)15-31-25(28)16-30-18-12-13-23-20(14-18)26(29)19-10-6-7-11-22(19)33-23/h2-14,21H,1,15-16H2. The molecule has 166 valence electrons. The molecule has 6 nitrogen and oxygen atoms in total. The molecule has 0 amide bonds. The summed E-state index contributed by atoms with van der Waals surface area (Å²) in [4.78, 5) is 36.7. The Balaban J connectivity index is 1.42. The first kappa shape index (κ1) is 22.2. The number of carbonyl (C=O) groups is 2. The van der Waals surface area contributed by atoms with E-state index in [0.29, 0.717) is 22.1 Å². The second-order valence-electron chi connectivity index (χ2n) is 7.10. The molecule has 4 aromatic rings. The predicted molar refractivity (Wildman–Crippen MR) is 128 cm³/mol. The van der Waals surface area contributed by atoms with Crippen molar-refractivity contribution >= 4 is 43.4 Å². The van der Waals surface area contributed by atoms with Crippen molar-refractivity contribution < 1.29 is 23.8 Å². The van der Waals surface area contributed by atoms with Gasteiger partial charge in [0.15, 0.2) is 18.1 Å². The van der Waals surface area contributed by atoms with Crippen LogP contribution >= 0.6 is 11.3 Å². The summed E-state index contributed by atoms with van der Waals surface area (Å²) >= 11 is 1.52. The minimum absolute atomic E-state index is 0.0814. The number of fused-ring (bicyclic) bond motifs is 2. The molecule has 33 heavy (non-hydrogen) atoms. The van der Waals surface area contributed by atoms with Crippen molar-refractivity contribution in [1.82, 2.24) is 0 Å². The SMILES string of the molecule is C=CC(=O)OC(COC(=O)COc1ccc2sc3ccccc3c(=O)c2c1)c1ccccc1. The number of ether oxygens (including phenoxy) is 3. The molecule has 1 atom stereocenters. The van der Waals surface area contributed by atoms with E-state index >= 15 is 0 Å². The summed E-state index contributed by atoms with van der Waals surface area (Å²) in [6.45, 7) is 2.87. The van der Waals surface area contributed by atoms with Gasteiger partial charge in [-0.25, -0.2) is 9.59 Å². The molecular weight excluding hydrogens is 440 g/mol. The quantitative estimate of drug-likeness (QED) is 0.213. The molecule has 0 saturated carbocycles. The Labute approximate surface area is 193 Å². The molecule has 1 heterocycles. The van der Waals surface area contributed by atoms with Crippen molar-refractivity contribution in [1.29, 1.82) is 0 Å². The highest BCUT2D eigenvalue weighted by molar-refractivity contribution is 7.24. The van der Waals surface area contributed by atoms with Crippen molar-refractivity contribution in [3.8, 4) is 5.75 Å². The minimum Gasteiger partial charge on any atom is -0.482 e. The van der Waals surface area contributed by atoms with Crippen molar-refractivity contribution in [2.24, 2.45) is 0 Å². The van der Waals surface area contributed by atoms with Crippen LogP contribution in [-0.2, 0) is 19.1 Å². The zero-order valence-corrected chi connectivity index (χ0v) is 18.4. The Kier molecular flexibility index (Phi) is 6.80. The Morgan fingerprint density at radius 3 is 2.45 bits per heavy atom. The summed E-state index contributed by atoms with van der Waals surface area (Å²) in [7, 11) is 0. The topological polar surface area (TPSA) is 78.9 Å². The van der Waals surface area contributed by atoms with Crippen molar-refractivity contribution in [2.45, 2.75) is 6.10 Å². The molecular formula is C26H20O6S. The van der Waals surface area contributed by atoms with Gasteiger partial charge >= 0.3 is 11.9 Å². The summed E-state index contributed by atoms with van der Waals surface area (Å²) in [6.07, 6.45) is 0.286. The molecule has 0 aliphatic heterocycles. The second-order valence-corrected chi connectivity index (χ2v) is 8.18. The fourth-order valence-electron chi connectivity index (χ4n) is 3.28. The number of hydrogen-bond donors (Lipinski definition) is 0. The summed E-state index contributed by atoms with van der Waals surface area (Å²) in [6, 6.07) is 21.5. The van der Waals surface area contributed by atoms with E-state index in [0.717, 1.165) is 15.5 Å². The lowest BCUT2D eigenvalue weighted by Gasteiger charge is -2.17. The first-order valence-electron chi connectivity index (χ1n) is 10.2. The third-order valence-electron chi connectivity index (χ3n) is 4.90. The summed E-state index contributed by atoms with van der Waals surface area (Å²) in [5.41, 5.74) is 0.606. The van der Waals surface area contributed by atoms with Gasteiger partial charge in [-0.05, 0) is 35.9 Å². The van der Waals surface area contributed by atoms with Gasteiger partial charge in [-0.1, -0.05) is 49.0 Å². The van der Waals surface area contributed by atoms with Crippen LogP contribution in [0.3, 0.4) is 0 Å². The van der Waals surface area contributed by atoms with E-state index in [9.17, 15) is 14.4 Å². The van der Waals surface area contributed by atoms with Crippen LogP contribution in [0.2, 0.25) is 0 Å². The molecule has 0 N–H and O–H groups in total. The van der Waals surface area contributed by atoms with Gasteiger partial charge in [-0.2, -0.15) is 0 Å². The normalized spacial score (nSPS) is 11.6. The largest absolute Gasteiger partial charge is 0.482 e. The average Bonchev–Trinajstić information content (AvgIpc) is 2.86. The first-order valence-corrected chi connectivity index (χ1v) is 11.0. The highest BCUT2D eigenvalue weighted by Gasteiger charge is 2.18. The van der Waals surface area contributed by atoms with Crippen molar-refractivity contribution in [2.75, 3.05) is 13.2 Å². The van der Waals surface area contributed by atoms with Crippen LogP contribution < -0.4 is 10.2 Å². The molecule has 0 bridgehead atoms. The van der Waals surface area contributed by atoms with Gasteiger partial charge < -0.3 is 14.2 Å². The zero-order valence-electron chi connectivity index (χ0n) is 17.6. The van der Waals surface area contributed by atoms with Gasteiger partial charge in [0.2, 0.25) is 0 Å². The van der Waals surface area contributed by atoms with E-state index in [1.54, 1.807) is 48.5 Å². The van der Waals surface area contributed by atoms with E-state index in [1.165, 1.54) is 11.3 Å². The van der Waals surface area contributed by atoms with Crippen molar-refractivity contribution in [3.63, 3.8) is 0 Å². The monoisotopic (exact) mass is 460 g/mol. The van der Waals surface area contributed by atoms with E-state index in [1.807, 2.05) is 24.3 Å². The molecule has 0 radical (unpaired) electrons. The Morgan fingerprint density at radius 2 is 1.67 bits per heavy atom. The fraction of sp³-hybridized carbons (Fsp3) is 0.115.